The number of carboxylic acid groups (broad SMARTS) is 1. The average Bonchev–Trinajstić information content (AvgIpc) is 2.73. The Labute approximate surface area is 174 Å². The maximum absolute atomic E-state index is 12.2. The van der Waals surface area contributed by atoms with Crippen LogP contribution >= 0.6 is 0 Å². The second-order valence-corrected chi connectivity index (χ2v) is 5.63. The zero-order valence-electron chi connectivity index (χ0n) is 16.9. The summed E-state index contributed by atoms with van der Waals surface area (Å²) in [7, 11) is 0. The molecule has 1 amide bonds. The van der Waals surface area contributed by atoms with E-state index in [-0.39, 0.29) is 45.1 Å². The number of aliphatic carboxylic acids is 1. The number of hydrogen-bond acceptors (Lipinski definition) is 8. The molecule has 0 spiro atoms. The second-order valence-electron chi connectivity index (χ2n) is 5.63. The van der Waals surface area contributed by atoms with Gasteiger partial charge in [0.05, 0.1) is 59.3 Å². The number of rotatable bonds is 21. The molecular weight excluding hydrogens is 402 g/mol. The Kier molecular flexibility index (Phi) is 19.3. The third-order valence-corrected chi connectivity index (χ3v) is 3.46. The molecule has 14 heteroatoms. The molecule has 0 fully saturated rings. The number of carbonyl (C=O) groups excluding carboxylic acids is 1. The van der Waals surface area contributed by atoms with E-state index in [4.69, 9.17) is 35.1 Å². The first kappa shape index (κ1) is 27.4. The van der Waals surface area contributed by atoms with Crippen LogP contribution in [0.5, 0.6) is 0 Å². The van der Waals surface area contributed by atoms with Gasteiger partial charge in [0, 0.05) is 42.4 Å². The van der Waals surface area contributed by atoms with Crippen molar-refractivity contribution >= 4 is 11.9 Å². The molecule has 14 nitrogen and oxygen atoms in total. The lowest BCUT2D eigenvalue weighted by atomic mass is 10.2. The van der Waals surface area contributed by atoms with E-state index in [0.717, 1.165) is 0 Å². The fourth-order valence-corrected chi connectivity index (χ4v) is 2.03. The van der Waals surface area contributed by atoms with Gasteiger partial charge in [-0.25, -0.2) is 0 Å². The topological polar surface area (TPSA) is 192 Å². The lowest BCUT2D eigenvalue weighted by Gasteiger charge is -2.22. The Morgan fingerprint density at radius 2 is 1.17 bits per heavy atom. The number of amides is 1. The van der Waals surface area contributed by atoms with E-state index in [1.54, 1.807) is 0 Å². The van der Waals surface area contributed by atoms with Crippen LogP contribution in [0.15, 0.2) is 10.2 Å². The van der Waals surface area contributed by atoms with Crippen molar-refractivity contribution in [3.63, 3.8) is 0 Å². The van der Waals surface area contributed by atoms with Crippen LogP contribution in [0.25, 0.3) is 20.9 Å². The van der Waals surface area contributed by atoms with E-state index in [9.17, 15) is 9.59 Å². The molecule has 0 aromatic rings. The number of carbonyl (C=O) groups is 2. The second kappa shape index (κ2) is 21.1. The largest absolute Gasteiger partial charge is 0.481 e. The van der Waals surface area contributed by atoms with Crippen molar-refractivity contribution in [3.8, 4) is 0 Å². The molecule has 0 unspecified atom stereocenters. The Morgan fingerprint density at radius 1 is 0.733 bits per heavy atom. The molecule has 30 heavy (non-hydrogen) atoms. The highest BCUT2D eigenvalue weighted by atomic mass is 16.5. The fraction of sp³-hybridized carbons (Fsp3) is 0.875. The van der Waals surface area contributed by atoms with Crippen LogP contribution in [-0.4, -0.2) is 101 Å². The predicted molar refractivity (Wildman–Crippen MR) is 105 cm³/mol. The van der Waals surface area contributed by atoms with Crippen LogP contribution in [0.4, 0.5) is 0 Å². The lowest BCUT2D eigenvalue weighted by Crippen LogP contribution is -2.37. The smallest absolute Gasteiger partial charge is 0.303 e. The van der Waals surface area contributed by atoms with Crippen LogP contribution in [0, 0.1) is 0 Å². The molecule has 0 heterocycles. The Morgan fingerprint density at radius 3 is 1.57 bits per heavy atom. The summed E-state index contributed by atoms with van der Waals surface area (Å²) in [6.45, 7) is 3.53. The number of nitrogens with zero attached hydrogens (tertiary/aromatic N) is 7. The van der Waals surface area contributed by atoms with E-state index >= 15 is 0 Å². The maximum Gasteiger partial charge on any atom is 0.303 e. The van der Waals surface area contributed by atoms with Crippen LogP contribution in [0.3, 0.4) is 0 Å². The van der Waals surface area contributed by atoms with E-state index in [1.165, 1.54) is 4.90 Å². The summed E-state index contributed by atoms with van der Waals surface area (Å²) in [5.41, 5.74) is 16.3. The minimum absolute atomic E-state index is 0.0968. The van der Waals surface area contributed by atoms with Crippen molar-refractivity contribution < 1.29 is 33.6 Å². The van der Waals surface area contributed by atoms with Crippen LogP contribution < -0.4 is 0 Å². The Balaban J connectivity index is 4.02. The predicted octanol–water partition coefficient (Wildman–Crippen LogP) is 1.37. The van der Waals surface area contributed by atoms with Crippen molar-refractivity contribution in [2.75, 3.05) is 79.0 Å². The van der Waals surface area contributed by atoms with Gasteiger partial charge >= 0.3 is 5.97 Å². The third kappa shape index (κ3) is 18.7. The summed E-state index contributed by atoms with van der Waals surface area (Å²) in [5, 5.41) is 15.4. The molecule has 0 aliphatic rings. The zero-order valence-corrected chi connectivity index (χ0v) is 16.9. The van der Waals surface area contributed by atoms with Crippen molar-refractivity contribution in [1.82, 2.24) is 4.90 Å². The number of azide groups is 2. The molecule has 0 atom stereocenters. The van der Waals surface area contributed by atoms with Gasteiger partial charge in [0.25, 0.3) is 0 Å². The first-order valence-electron chi connectivity index (χ1n) is 9.44. The Bertz CT molecular complexity index is 532. The van der Waals surface area contributed by atoms with E-state index in [1.807, 2.05) is 0 Å². The first-order valence-corrected chi connectivity index (χ1v) is 9.44. The minimum atomic E-state index is -1.04. The summed E-state index contributed by atoms with van der Waals surface area (Å²) in [6.07, 6.45) is -0.338. The summed E-state index contributed by atoms with van der Waals surface area (Å²) in [5.74, 6) is -1.33. The van der Waals surface area contributed by atoms with Gasteiger partial charge in [0.2, 0.25) is 5.91 Å². The SMILES string of the molecule is [N-]=[N+]=NCCOCCOCCN(CCOCCOCCN=[N+]=[N-])C(=O)CCC(=O)O. The standard InChI is InChI=1S/C16H29N7O7/c17-21-19-3-7-27-11-13-29-9-5-23(15(24)1-2-16(25)26)6-10-30-14-12-28-8-4-20-22-18/h1-14H2,(H,25,26). The number of ether oxygens (including phenoxy) is 4. The number of hydrogen-bond donors (Lipinski definition) is 1. The van der Waals surface area contributed by atoms with Crippen LogP contribution in [0.1, 0.15) is 12.8 Å². The van der Waals surface area contributed by atoms with Crippen LogP contribution in [0.2, 0.25) is 0 Å². The fourth-order valence-electron chi connectivity index (χ4n) is 2.03. The summed E-state index contributed by atoms with van der Waals surface area (Å²) in [4.78, 5) is 29.6. The maximum atomic E-state index is 12.2. The van der Waals surface area contributed by atoms with Gasteiger partial charge in [-0.3, -0.25) is 9.59 Å². The normalized spacial score (nSPS) is 10.1. The van der Waals surface area contributed by atoms with Gasteiger partial charge in [-0.1, -0.05) is 10.2 Å². The van der Waals surface area contributed by atoms with Crippen molar-refractivity contribution in [1.29, 1.82) is 0 Å². The molecule has 0 aromatic carbocycles. The van der Waals surface area contributed by atoms with Gasteiger partial charge in [-0.2, -0.15) is 0 Å². The van der Waals surface area contributed by atoms with E-state index in [0.29, 0.717) is 52.7 Å². The van der Waals surface area contributed by atoms with Crippen LogP contribution in [-0.2, 0) is 28.5 Å². The molecule has 0 aliphatic heterocycles. The molecule has 0 aliphatic carbocycles. The van der Waals surface area contributed by atoms with E-state index in [2.05, 4.69) is 20.1 Å². The van der Waals surface area contributed by atoms with Gasteiger partial charge in [-0.15, -0.1) is 0 Å². The third-order valence-electron chi connectivity index (χ3n) is 3.46. The highest BCUT2D eigenvalue weighted by Crippen LogP contribution is 1.99. The molecule has 0 saturated carbocycles. The van der Waals surface area contributed by atoms with Gasteiger partial charge < -0.3 is 29.0 Å². The molecule has 170 valence electrons. The Hall–Kier alpha value is -2.60. The highest BCUT2D eigenvalue weighted by molar-refractivity contribution is 5.80. The molecule has 0 rings (SSSR count). The summed E-state index contributed by atoms with van der Waals surface area (Å²) < 4.78 is 21.2. The molecular formula is C16H29N7O7. The summed E-state index contributed by atoms with van der Waals surface area (Å²) >= 11 is 0. The van der Waals surface area contributed by atoms with Gasteiger partial charge in [0.1, 0.15) is 0 Å². The molecule has 0 bridgehead atoms. The van der Waals surface area contributed by atoms with Crippen molar-refractivity contribution in [3.05, 3.63) is 20.9 Å². The average molecular weight is 431 g/mol. The van der Waals surface area contributed by atoms with Gasteiger partial charge in [0.15, 0.2) is 0 Å². The van der Waals surface area contributed by atoms with Crippen molar-refractivity contribution in [2.45, 2.75) is 12.8 Å². The highest BCUT2D eigenvalue weighted by Gasteiger charge is 2.14. The zero-order chi connectivity index (χ0) is 22.3. The first-order chi connectivity index (χ1) is 14.6. The molecule has 0 aromatic heterocycles. The van der Waals surface area contributed by atoms with E-state index < -0.39 is 5.97 Å². The molecule has 0 saturated heterocycles. The van der Waals surface area contributed by atoms with Crippen molar-refractivity contribution in [2.24, 2.45) is 10.2 Å². The molecule has 0 radical (unpaired) electrons. The van der Waals surface area contributed by atoms with Gasteiger partial charge in [-0.05, 0) is 11.1 Å². The quantitative estimate of drug-likeness (QED) is 0.123. The molecule has 1 N–H and O–H groups in total. The monoisotopic (exact) mass is 431 g/mol. The number of carboxylic acids is 1. The summed E-state index contributed by atoms with van der Waals surface area (Å²) in [6, 6.07) is 0. The lowest BCUT2D eigenvalue weighted by molar-refractivity contribution is -0.141. The minimum Gasteiger partial charge on any atom is -0.481 e.